The van der Waals surface area contributed by atoms with Crippen LogP contribution >= 0.6 is 0 Å². The molecule has 0 saturated heterocycles. The zero-order chi connectivity index (χ0) is 23.7. The van der Waals surface area contributed by atoms with Gasteiger partial charge in [0, 0.05) is 20.9 Å². The monoisotopic (exact) mass is 489 g/mol. The highest BCUT2D eigenvalue weighted by Crippen LogP contribution is 2.27. The van der Waals surface area contributed by atoms with Crippen molar-refractivity contribution in [1.29, 1.82) is 0 Å². The van der Waals surface area contributed by atoms with Gasteiger partial charge in [0.2, 0.25) is 0 Å². The summed E-state index contributed by atoms with van der Waals surface area (Å²) in [6.07, 6.45) is 1.50. The summed E-state index contributed by atoms with van der Waals surface area (Å²) in [6, 6.07) is 8.91. The molecule has 3 aromatic rings. The highest BCUT2D eigenvalue weighted by atomic mass is 32.2. The number of alkyl halides is 3. The van der Waals surface area contributed by atoms with Crippen molar-refractivity contribution >= 4 is 29.4 Å². The minimum absolute atomic E-state index is 0.0174. The van der Waals surface area contributed by atoms with E-state index in [2.05, 4.69) is 28.8 Å². The summed E-state index contributed by atoms with van der Waals surface area (Å²) in [5.74, 6) is -0.537. The molecule has 0 radical (unpaired) electrons. The Morgan fingerprint density at radius 3 is 2.34 bits per heavy atom. The third-order valence-corrected chi connectivity index (χ3v) is 7.17. The second-order valence-corrected chi connectivity index (χ2v) is 15.4. The molecule has 0 aliphatic heterocycles. The topological polar surface area (TPSA) is 92.4 Å². The van der Waals surface area contributed by atoms with Crippen molar-refractivity contribution in [3.05, 3.63) is 53.1 Å². The van der Waals surface area contributed by atoms with Crippen molar-refractivity contribution in [2.75, 3.05) is 6.61 Å². The van der Waals surface area contributed by atoms with Crippen LogP contribution in [0, 0.1) is 0 Å². The van der Waals surface area contributed by atoms with Gasteiger partial charge in [-0.3, -0.25) is 4.57 Å². The number of rotatable bonds is 8. The Balaban J connectivity index is 1.91. The molecule has 1 aromatic carbocycles. The smallest absolute Gasteiger partial charge is 0.376 e. The minimum atomic E-state index is -5.79. The molecule has 0 aliphatic carbocycles. The zero-order valence-corrected chi connectivity index (χ0v) is 19.4. The third-order valence-electron chi connectivity index (χ3n) is 4.49. The van der Waals surface area contributed by atoms with Crippen LogP contribution in [-0.2, 0) is 21.6 Å². The number of pyridine rings is 1. The number of halogens is 3. The van der Waals surface area contributed by atoms with Gasteiger partial charge in [-0.2, -0.15) is 21.6 Å². The Hall–Kier alpha value is -2.64. The van der Waals surface area contributed by atoms with E-state index < -0.39 is 35.1 Å². The summed E-state index contributed by atoms with van der Waals surface area (Å²) in [5, 5.41) is 0. The lowest BCUT2D eigenvalue weighted by Crippen LogP contribution is -2.28. The Labute approximate surface area is 183 Å². The van der Waals surface area contributed by atoms with Gasteiger partial charge in [0.1, 0.15) is 12.5 Å². The van der Waals surface area contributed by atoms with E-state index in [4.69, 9.17) is 4.74 Å². The lowest BCUT2D eigenvalue weighted by atomic mass is 10.3. The Bertz CT molecular complexity index is 1260. The van der Waals surface area contributed by atoms with Gasteiger partial charge < -0.3 is 8.92 Å². The predicted molar refractivity (Wildman–Crippen MR) is 115 cm³/mol. The molecule has 0 spiro atoms. The van der Waals surface area contributed by atoms with E-state index in [1.165, 1.54) is 27.5 Å². The molecule has 0 bridgehead atoms. The molecule has 32 heavy (non-hydrogen) atoms. The molecular weight excluding hydrogens is 467 g/mol. The van der Waals surface area contributed by atoms with Crippen molar-refractivity contribution < 1.29 is 30.5 Å². The van der Waals surface area contributed by atoms with Crippen LogP contribution in [-0.4, -0.2) is 42.7 Å². The number of aromatic nitrogens is 3. The van der Waals surface area contributed by atoms with E-state index in [9.17, 15) is 26.4 Å². The molecule has 13 heteroatoms. The SMILES string of the molecule is C[Si](C)(C)CCOCn1c(=O)n(-c2ccc(OS(=O)(=O)C(F)(F)F)cc2)c2ncccc21. The van der Waals surface area contributed by atoms with Gasteiger partial charge >= 0.3 is 21.3 Å². The normalized spacial score (nSPS) is 12.9. The van der Waals surface area contributed by atoms with Crippen LogP contribution in [0.5, 0.6) is 5.75 Å². The second kappa shape index (κ2) is 8.71. The maximum Gasteiger partial charge on any atom is 0.534 e. The van der Waals surface area contributed by atoms with Crippen LogP contribution in [0.25, 0.3) is 16.9 Å². The molecule has 2 heterocycles. The van der Waals surface area contributed by atoms with Gasteiger partial charge in [0.25, 0.3) is 0 Å². The number of imidazole rings is 1. The molecular formula is C19H22F3N3O5SSi. The minimum Gasteiger partial charge on any atom is -0.376 e. The first-order valence-electron chi connectivity index (χ1n) is 9.55. The molecule has 174 valence electrons. The van der Waals surface area contributed by atoms with E-state index in [1.54, 1.807) is 12.1 Å². The summed E-state index contributed by atoms with van der Waals surface area (Å²) in [5.41, 5.74) is -4.89. The van der Waals surface area contributed by atoms with Crippen LogP contribution < -0.4 is 9.87 Å². The summed E-state index contributed by atoms with van der Waals surface area (Å²) < 4.78 is 72.3. The van der Waals surface area contributed by atoms with Crippen LogP contribution in [0.1, 0.15) is 0 Å². The fourth-order valence-corrected chi connectivity index (χ4v) is 4.02. The fraction of sp³-hybridized carbons (Fsp3) is 0.368. The maximum atomic E-state index is 13.1. The summed E-state index contributed by atoms with van der Waals surface area (Å²) in [4.78, 5) is 17.3. The van der Waals surface area contributed by atoms with Gasteiger partial charge in [-0.1, -0.05) is 19.6 Å². The van der Waals surface area contributed by atoms with Crippen LogP contribution in [0.3, 0.4) is 0 Å². The Morgan fingerprint density at radius 1 is 1.09 bits per heavy atom. The van der Waals surface area contributed by atoms with Gasteiger partial charge in [0.05, 0.1) is 11.2 Å². The molecule has 8 nitrogen and oxygen atoms in total. The molecule has 0 unspecified atom stereocenters. The molecule has 0 atom stereocenters. The molecule has 0 fully saturated rings. The molecule has 3 rings (SSSR count). The maximum absolute atomic E-state index is 13.1. The number of hydrogen-bond donors (Lipinski definition) is 0. The van der Waals surface area contributed by atoms with Crippen LogP contribution in [0.2, 0.25) is 25.7 Å². The first kappa shape index (κ1) is 24.0. The van der Waals surface area contributed by atoms with E-state index in [0.717, 1.165) is 18.2 Å². The van der Waals surface area contributed by atoms with E-state index in [-0.39, 0.29) is 12.4 Å². The quantitative estimate of drug-likeness (QED) is 0.207. The van der Waals surface area contributed by atoms with E-state index in [1.807, 2.05) is 0 Å². The average molecular weight is 490 g/mol. The molecule has 2 aromatic heterocycles. The molecule has 0 saturated carbocycles. The summed E-state index contributed by atoms with van der Waals surface area (Å²) in [7, 11) is -7.09. The van der Waals surface area contributed by atoms with Crippen molar-refractivity contribution in [2.45, 2.75) is 37.9 Å². The zero-order valence-electron chi connectivity index (χ0n) is 17.6. The number of benzene rings is 1. The predicted octanol–water partition coefficient (Wildman–Crippen LogP) is 3.73. The average Bonchev–Trinajstić information content (AvgIpc) is 2.95. The highest BCUT2D eigenvalue weighted by Gasteiger charge is 2.48. The van der Waals surface area contributed by atoms with Crippen molar-refractivity contribution in [3.63, 3.8) is 0 Å². The van der Waals surface area contributed by atoms with Crippen LogP contribution in [0.4, 0.5) is 13.2 Å². The number of fused-ring (bicyclic) bond motifs is 1. The molecule has 0 aliphatic rings. The van der Waals surface area contributed by atoms with E-state index >= 15 is 0 Å². The lowest BCUT2D eigenvalue weighted by molar-refractivity contribution is -0.0500. The summed E-state index contributed by atoms with van der Waals surface area (Å²) >= 11 is 0. The summed E-state index contributed by atoms with van der Waals surface area (Å²) in [6.45, 7) is 7.17. The fourth-order valence-electron chi connectivity index (χ4n) is 2.80. The molecule has 0 N–H and O–H groups in total. The van der Waals surface area contributed by atoms with Crippen molar-refractivity contribution in [1.82, 2.24) is 14.1 Å². The van der Waals surface area contributed by atoms with Gasteiger partial charge in [0.15, 0.2) is 5.65 Å². The highest BCUT2D eigenvalue weighted by molar-refractivity contribution is 7.88. The van der Waals surface area contributed by atoms with Crippen molar-refractivity contribution in [2.24, 2.45) is 0 Å². The molecule has 0 amide bonds. The van der Waals surface area contributed by atoms with Crippen molar-refractivity contribution in [3.8, 4) is 11.4 Å². The number of nitrogens with zero attached hydrogens (tertiary/aromatic N) is 3. The first-order valence-corrected chi connectivity index (χ1v) is 14.7. The standard InChI is InChI=1S/C19H22F3N3O5SSi/c1-32(2,3)12-11-29-13-24-16-5-4-10-23-17(16)25(18(24)26)14-6-8-15(9-7-14)30-31(27,28)19(20,21)22/h4-10H,11-13H2,1-3H3. The second-order valence-electron chi connectivity index (χ2n) is 8.22. The largest absolute Gasteiger partial charge is 0.534 e. The Morgan fingerprint density at radius 2 is 1.75 bits per heavy atom. The van der Waals surface area contributed by atoms with Gasteiger partial charge in [-0.15, -0.1) is 0 Å². The van der Waals surface area contributed by atoms with Gasteiger partial charge in [-0.25, -0.2) is 14.3 Å². The van der Waals surface area contributed by atoms with E-state index in [0.29, 0.717) is 17.8 Å². The Kier molecular flexibility index (Phi) is 6.54. The number of ether oxygens (including phenoxy) is 1. The van der Waals surface area contributed by atoms with Gasteiger partial charge in [-0.05, 0) is 42.4 Å². The third kappa shape index (κ3) is 5.22. The van der Waals surface area contributed by atoms with Crippen LogP contribution in [0.15, 0.2) is 47.4 Å². The first-order chi connectivity index (χ1) is 14.8. The lowest BCUT2D eigenvalue weighted by Gasteiger charge is -2.15. The number of hydrogen-bond acceptors (Lipinski definition) is 6.